The Bertz CT molecular complexity index is 941. The zero-order valence-electron chi connectivity index (χ0n) is 21.5. The third-order valence-electron chi connectivity index (χ3n) is 6.77. The van der Waals surface area contributed by atoms with Gasteiger partial charge in [0.2, 0.25) is 5.92 Å². The molecule has 0 unspecified atom stereocenters. The van der Waals surface area contributed by atoms with Gasteiger partial charge in [0.25, 0.3) is 0 Å². The highest BCUT2D eigenvalue weighted by molar-refractivity contribution is 6.38. The molecule has 0 saturated heterocycles. The fourth-order valence-corrected chi connectivity index (χ4v) is 4.74. The molecule has 1 heterocycles. The molecular weight excluding hydrogens is 490 g/mol. The van der Waals surface area contributed by atoms with Gasteiger partial charge in [-0.15, -0.1) is 0 Å². The van der Waals surface area contributed by atoms with Crippen molar-refractivity contribution in [1.29, 1.82) is 0 Å². The minimum Gasteiger partial charge on any atom is -0.495 e. The molecule has 1 saturated carbocycles. The second-order valence-corrected chi connectivity index (χ2v) is 10.1. The number of alkyl halides is 2. The van der Waals surface area contributed by atoms with Crippen molar-refractivity contribution in [3.05, 3.63) is 28.9 Å². The highest BCUT2D eigenvalue weighted by Gasteiger charge is 2.41. The number of carboxylic acids is 1. The minimum atomic E-state index is -2.57. The minimum absolute atomic E-state index is 0.0422. The van der Waals surface area contributed by atoms with E-state index in [0.717, 1.165) is 13.0 Å². The Morgan fingerprint density at radius 3 is 2.31 bits per heavy atom. The first kappa shape index (κ1) is 30.3. The zero-order valence-corrected chi connectivity index (χ0v) is 22.2. The highest BCUT2D eigenvalue weighted by atomic mass is 35.5. The Balaban J connectivity index is 0.000000267. The van der Waals surface area contributed by atoms with Crippen LogP contribution in [0.2, 0.25) is 5.02 Å². The first-order valence-electron chi connectivity index (χ1n) is 13.0. The Morgan fingerprint density at radius 1 is 1.11 bits per heavy atom. The van der Waals surface area contributed by atoms with E-state index in [4.69, 9.17) is 21.4 Å². The number of methoxy groups -OCH3 is 1. The Morgan fingerprint density at radius 2 is 1.72 bits per heavy atom. The van der Waals surface area contributed by atoms with Crippen LogP contribution in [-0.4, -0.2) is 52.9 Å². The van der Waals surface area contributed by atoms with Crippen molar-refractivity contribution in [3.8, 4) is 5.75 Å². The lowest BCUT2D eigenvalue weighted by Crippen LogP contribution is -2.46. The summed E-state index contributed by atoms with van der Waals surface area (Å²) in [7, 11) is 1.48. The molecule has 0 spiro atoms. The second kappa shape index (κ2) is 14.7. The van der Waals surface area contributed by atoms with Gasteiger partial charge in [0, 0.05) is 31.0 Å². The maximum Gasteiger partial charge on any atom is 0.337 e. The number of aromatic nitrogens is 1. The number of aromatic carboxylic acids is 1. The molecule has 0 bridgehead atoms. The number of fused-ring (bicyclic) bond motifs is 1. The van der Waals surface area contributed by atoms with E-state index in [9.17, 15) is 18.7 Å². The van der Waals surface area contributed by atoms with Gasteiger partial charge in [-0.2, -0.15) is 0 Å². The number of ether oxygens (including phenoxy) is 1. The van der Waals surface area contributed by atoms with Crippen LogP contribution in [0.4, 0.5) is 8.78 Å². The molecule has 0 amide bonds. The maximum absolute atomic E-state index is 13.1. The van der Waals surface area contributed by atoms with Crippen LogP contribution in [0, 0.1) is 0 Å². The fraction of sp³-hybridized carbons (Fsp3) is 0.667. The molecule has 0 atom stereocenters. The SMILES string of the molecule is CCCCCCCCCCNCC1(O)CCC(F)(F)CC1.COc1cc(C(=O)O)c(Cl)c2cc[nH]c12. The Kier molecular flexibility index (Phi) is 12.4. The fourth-order valence-electron chi connectivity index (χ4n) is 4.45. The van der Waals surface area contributed by atoms with Crippen molar-refractivity contribution in [1.82, 2.24) is 10.3 Å². The summed E-state index contributed by atoms with van der Waals surface area (Å²) < 4.78 is 31.2. The summed E-state index contributed by atoms with van der Waals surface area (Å²) in [6, 6.07) is 3.12. The smallest absolute Gasteiger partial charge is 0.337 e. The molecule has 6 nitrogen and oxygen atoms in total. The summed E-state index contributed by atoms with van der Waals surface area (Å²) in [6.07, 6.45) is 12.0. The summed E-state index contributed by atoms with van der Waals surface area (Å²) in [5.74, 6) is -3.16. The van der Waals surface area contributed by atoms with Crippen LogP contribution >= 0.6 is 11.6 Å². The summed E-state index contributed by atoms with van der Waals surface area (Å²) in [5, 5.41) is 23.3. The van der Waals surface area contributed by atoms with E-state index >= 15 is 0 Å². The van der Waals surface area contributed by atoms with Gasteiger partial charge in [-0.3, -0.25) is 0 Å². The molecule has 1 aromatic carbocycles. The van der Waals surface area contributed by atoms with Crippen molar-refractivity contribution >= 4 is 28.5 Å². The largest absolute Gasteiger partial charge is 0.495 e. The molecule has 1 aromatic heterocycles. The highest BCUT2D eigenvalue weighted by Crippen LogP contribution is 2.38. The van der Waals surface area contributed by atoms with Crippen LogP contribution < -0.4 is 10.1 Å². The van der Waals surface area contributed by atoms with E-state index in [1.807, 2.05) is 0 Å². The Hall–Kier alpha value is -1.90. The molecule has 4 N–H and O–H groups in total. The van der Waals surface area contributed by atoms with Crippen LogP contribution in [0.3, 0.4) is 0 Å². The van der Waals surface area contributed by atoms with Crippen molar-refractivity contribution in [2.45, 2.75) is 95.5 Å². The van der Waals surface area contributed by atoms with Crippen LogP contribution in [0.15, 0.2) is 18.3 Å². The number of rotatable bonds is 13. The van der Waals surface area contributed by atoms with Crippen molar-refractivity contribution < 1.29 is 28.5 Å². The molecule has 2 aromatic rings. The number of halogens is 3. The lowest BCUT2D eigenvalue weighted by molar-refractivity contribution is -0.102. The van der Waals surface area contributed by atoms with E-state index < -0.39 is 17.5 Å². The van der Waals surface area contributed by atoms with E-state index in [1.165, 1.54) is 58.1 Å². The van der Waals surface area contributed by atoms with E-state index in [-0.39, 0.29) is 36.3 Å². The van der Waals surface area contributed by atoms with Gasteiger partial charge in [-0.05, 0) is 37.9 Å². The average molecular weight is 531 g/mol. The van der Waals surface area contributed by atoms with Crippen molar-refractivity contribution in [3.63, 3.8) is 0 Å². The number of nitrogens with one attached hydrogen (secondary N) is 2. The number of hydrogen-bond acceptors (Lipinski definition) is 4. The van der Waals surface area contributed by atoms with E-state index in [0.29, 0.717) is 23.2 Å². The summed E-state index contributed by atoms with van der Waals surface area (Å²) in [6.45, 7) is 3.57. The van der Waals surface area contributed by atoms with Crippen LogP contribution in [0.1, 0.15) is 94.3 Å². The number of aromatic amines is 1. The zero-order chi connectivity index (χ0) is 26.6. The normalized spacial score (nSPS) is 16.4. The van der Waals surface area contributed by atoms with Gasteiger partial charge < -0.3 is 25.3 Å². The predicted octanol–water partition coefficient (Wildman–Crippen LogP) is 7.19. The lowest BCUT2D eigenvalue weighted by atomic mass is 9.83. The third-order valence-corrected chi connectivity index (χ3v) is 7.17. The average Bonchev–Trinajstić information content (AvgIpc) is 3.34. The molecule has 0 radical (unpaired) electrons. The van der Waals surface area contributed by atoms with E-state index in [1.54, 1.807) is 12.3 Å². The molecule has 1 fully saturated rings. The number of hydrogen-bond donors (Lipinski definition) is 4. The molecule has 3 rings (SSSR count). The molecule has 9 heteroatoms. The molecule has 1 aliphatic rings. The first-order chi connectivity index (χ1) is 17.1. The summed E-state index contributed by atoms with van der Waals surface area (Å²) in [4.78, 5) is 13.8. The number of carboxylic acid groups (broad SMARTS) is 1. The summed E-state index contributed by atoms with van der Waals surface area (Å²) >= 11 is 5.95. The number of benzene rings is 1. The van der Waals surface area contributed by atoms with Gasteiger partial charge >= 0.3 is 5.97 Å². The third kappa shape index (κ3) is 9.52. The summed E-state index contributed by atoms with van der Waals surface area (Å²) in [5.41, 5.74) is -0.171. The van der Waals surface area contributed by atoms with Crippen LogP contribution in [0.25, 0.3) is 10.9 Å². The molecular formula is C27H41ClF2N2O4. The van der Waals surface area contributed by atoms with E-state index in [2.05, 4.69) is 17.2 Å². The number of carbonyl (C=O) groups is 1. The number of unbranched alkanes of at least 4 members (excludes halogenated alkanes) is 7. The van der Waals surface area contributed by atoms with Gasteiger partial charge in [-0.25, -0.2) is 13.6 Å². The topological polar surface area (TPSA) is 94.6 Å². The second-order valence-electron chi connectivity index (χ2n) is 9.74. The van der Waals surface area contributed by atoms with Crippen molar-refractivity contribution in [2.24, 2.45) is 0 Å². The van der Waals surface area contributed by atoms with Gasteiger partial charge in [-0.1, -0.05) is 63.5 Å². The van der Waals surface area contributed by atoms with Crippen LogP contribution in [-0.2, 0) is 0 Å². The van der Waals surface area contributed by atoms with Crippen LogP contribution in [0.5, 0.6) is 5.75 Å². The quantitative estimate of drug-likeness (QED) is 0.206. The molecule has 36 heavy (non-hydrogen) atoms. The predicted molar refractivity (Wildman–Crippen MR) is 141 cm³/mol. The van der Waals surface area contributed by atoms with Gasteiger partial charge in [0.05, 0.1) is 28.8 Å². The maximum atomic E-state index is 13.1. The number of aliphatic hydroxyl groups is 1. The van der Waals surface area contributed by atoms with Crippen molar-refractivity contribution in [2.75, 3.05) is 20.2 Å². The monoisotopic (exact) mass is 530 g/mol. The molecule has 0 aliphatic heterocycles. The standard InChI is InChI=1S/C17H33F2NO.C10H8ClNO3/c1-2-3-4-5-6-7-8-9-14-20-15-16(21)10-12-17(18,19)13-11-16;1-15-7-4-6(10(13)14)8(11)5-2-3-12-9(5)7/h20-21H,2-15H2,1H3;2-4,12H,1H3,(H,13,14). The van der Waals surface area contributed by atoms with Gasteiger partial charge in [0.1, 0.15) is 5.75 Å². The van der Waals surface area contributed by atoms with Gasteiger partial charge in [0.15, 0.2) is 0 Å². The molecule has 204 valence electrons. The lowest BCUT2D eigenvalue weighted by Gasteiger charge is -2.36. The Labute approximate surface area is 217 Å². The first-order valence-corrected chi connectivity index (χ1v) is 13.4. The molecule has 1 aliphatic carbocycles. The number of H-pyrrole nitrogens is 1.